The molecule has 2 heteroatoms. The highest BCUT2D eigenvalue weighted by atomic mass is 35.5. The summed E-state index contributed by atoms with van der Waals surface area (Å²) in [4.78, 5) is 0. The zero-order chi connectivity index (χ0) is 9.56. The van der Waals surface area contributed by atoms with Gasteiger partial charge in [0.2, 0.25) is 0 Å². The van der Waals surface area contributed by atoms with Crippen molar-refractivity contribution in [3.8, 4) is 0 Å². The first-order chi connectivity index (χ1) is 5.57. The van der Waals surface area contributed by atoms with Crippen LogP contribution in [0.5, 0.6) is 0 Å². The van der Waals surface area contributed by atoms with Gasteiger partial charge in [-0.1, -0.05) is 20.8 Å². The first-order valence-electron chi connectivity index (χ1n) is 4.87. The third-order valence-corrected chi connectivity index (χ3v) is 2.77. The predicted octanol–water partition coefficient (Wildman–Crippen LogP) is 2.89. The maximum absolute atomic E-state index is 5.75. The van der Waals surface area contributed by atoms with Crippen molar-refractivity contribution in [1.82, 2.24) is 5.32 Å². The molecular weight excluding hydrogens is 170 g/mol. The summed E-state index contributed by atoms with van der Waals surface area (Å²) >= 11 is 5.75. The standard InChI is InChI=1S/C10H22ClN/c1-8(2)5-6-12-10(4)9(3)7-11/h8-10,12H,5-7H2,1-4H3. The van der Waals surface area contributed by atoms with Gasteiger partial charge in [0.25, 0.3) is 0 Å². The second-order valence-electron chi connectivity index (χ2n) is 4.06. The van der Waals surface area contributed by atoms with Crippen LogP contribution in [0.2, 0.25) is 0 Å². The van der Waals surface area contributed by atoms with Gasteiger partial charge in [0.05, 0.1) is 0 Å². The van der Waals surface area contributed by atoms with Crippen molar-refractivity contribution in [3.63, 3.8) is 0 Å². The Hall–Kier alpha value is 0.250. The van der Waals surface area contributed by atoms with E-state index in [9.17, 15) is 0 Å². The van der Waals surface area contributed by atoms with Crippen LogP contribution in [0.3, 0.4) is 0 Å². The minimum Gasteiger partial charge on any atom is -0.314 e. The van der Waals surface area contributed by atoms with Crippen LogP contribution in [0, 0.1) is 11.8 Å². The molecule has 0 aromatic rings. The fourth-order valence-electron chi connectivity index (χ4n) is 0.934. The van der Waals surface area contributed by atoms with Crippen LogP contribution in [0.25, 0.3) is 0 Å². The largest absolute Gasteiger partial charge is 0.314 e. The molecule has 0 heterocycles. The molecule has 0 aliphatic rings. The number of nitrogens with one attached hydrogen (secondary N) is 1. The fourth-order valence-corrected chi connectivity index (χ4v) is 1.20. The van der Waals surface area contributed by atoms with E-state index in [1.165, 1.54) is 6.42 Å². The predicted molar refractivity (Wildman–Crippen MR) is 56.8 cm³/mol. The molecule has 0 saturated heterocycles. The van der Waals surface area contributed by atoms with E-state index < -0.39 is 0 Å². The van der Waals surface area contributed by atoms with Gasteiger partial charge < -0.3 is 5.32 Å². The highest BCUT2D eigenvalue weighted by Crippen LogP contribution is 2.05. The summed E-state index contributed by atoms with van der Waals surface area (Å²) in [7, 11) is 0. The molecule has 0 aliphatic carbocycles. The van der Waals surface area contributed by atoms with Gasteiger partial charge in [0.15, 0.2) is 0 Å². The van der Waals surface area contributed by atoms with E-state index in [0.717, 1.165) is 18.3 Å². The average molecular weight is 192 g/mol. The van der Waals surface area contributed by atoms with Crippen LogP contribution in [0.15, 0.2) is 0 Å². The lowest BCUT2D eigenvalue weighted by Crippen LogP contribution is -2.34. The molecule has 0 bridgehead atoms. The minimum absolute atomic E-state index is 0.543. The molecule has 0 aliphatic heterocycles. The monoisotopic (exact) mass is 191 g/mol. The van der Waals surface area contributed by atoms with Crippen molar-refractivity contribution in [3.05, 3.63) is 0 Å². The third-order valence-electron chi connectivity index (χ3n) is 2.28. The number of alkyl halides is 1. The number of rotatable bonds is 6. The molecule has 74 valence electrons. The zero-order valence-corrected chi connectivity index (χ0v) is 9.49. The van der Waals surface area contributed by atoms with Gasteiger partial charge in [-0.25, -0.2) is 0 Å². The Kier molecular flexibility index (Phi) is 6.87. The molecule has 1 N–H and O–H groups in total. The first-order valence-corrected chi connectivity index (χ1v) is 5.40. The minimum atomic E-state index is 0.543. The second kappa shape index (κ2) is 6.73. The average Bonchev–Trinajstić information content (AvgIpc) is 2.02. The quantitative estimate of drug-likeness (QED) is 0.637. The van der Waals surface area contributed by atoms with E-state index in [1.807, 2.05) is 0 Å². The van der Waals surface area contributed by atoms with Crippen molar-refractivity contribution in [1.29, 1.82) is 0 Å². The lowest BCUT2D eigenvalue weighted by molar-refractivity contribution is 0.411. The SMILES string of the molecule is CC(C)CCNC(C)C(C)CCl. The number of halogens is 1. The molecule has 0 saturated carbocycles. The van der Waals surface area contributed by atoms with E-state index in [2.05, 4.69) is 33.0 Å². The molecule has 0 aromatic carbocycles. The summed E-state index contributed by atoms with van der Waals surface area (Å²) < 4.78 is 0. The van der Waals surface area contributed by atoms with Crippen LogP contribution in [-0.2, 0) is 0 Å². The number of hydrogen-bond donors (Lipinski definition) is 1. The van der Waals surface area contributed by atoms with Crippen molar-refractivity contribution in [2.45, 2.75) is 40.2 Å². The van der Waals surface area contributed by atoms with Gasteiger partial charge in [-0.2, -0.15) is 0 Å². The van der Waals surface area contributed by atoms with Gasteiger partial charge in [-0.05, 0) is 31.7 Å². The Morgan fingerprint density at radius 1 is 1.17 bits per heavy atom. The summed E-state index contributed by atoms with van der Waals surface area (Å²) in [5.74, 6) is 2.10. The van der Waals surface area contributed by atoms with Crippen LogP contribution in [0.4, 0.5) is 0 Å². The lowest BCUT2D eigenvalue weighted by Gasteiger charge is -2.19. The van der Waals surface area contributed by atoms with Crippen LogP contribution < -0.4 is 5.32 Å². The molecular formula is C10H22ClN. The number of hydrogen-bond acceptors (Lipinski definition) is 1. The van der Waals surface area contributed by atoms with Gasteiger partial charge in [0.1, 0.15) is 0 Å². The Labute approximate surface area is 81.9 Å². The van der Waals surface area contributed by atoms with Gasteiger partial charge in [-0.15, -0.1) is 11.6 Å². The van der Waals surface area contributed by atoms with E-state index in [-0.39, 0.29) is 0 Å². The van der Waals surface area contributed by atoms with Crippen LogP contribution >= 0.6 is 11.6 Å². The van der Waals surface area contributed by atoms with E-state index in [1.54, 1.807) is 0 Å². The molecule has 0 aromatic heterocycles. The molecule has 0 amide bonds. The highest BCUT2D eigenvalue weighted by molar-refractivity contribution is 6.18. The molecule has 0 spiro atoms. The fraction of sp³-hybridized carbons (Fsp3) is 1.00. The molecule has 0 rings (SSSR count). The Bertz CT molecular complexity index is 104. The van der Waals surface area contributed by atoms with Crippen molar-refractivity contribution in [2.24, 2.45) is 11.8 Å². The van der Waals surface area contributed by atoms with Crippen molar-refractivity contribution >= 4 is 11.6 Å². The van der Waals surface area contributed by atoms with Crippen LogP contribution in [-0.4, -0.2) is 18.5 Å². The van der Waals surface area contributed by atoms with Crippen molar-refractivity contribution < 1.29 is 0 Å². The summed E-state index contributed by atoms with van der Waals surface area (Å²) in [6.45, 7) is 9.99. The smallest absolute Gasteiger partial charge is 0.0263 e. The summed E-state index contributed by atoms with van der Waals surface area (Å²) in [6, 6.07) is 0.543. The van der Waals surface area contributed by atoms with Gasteiger partial charge in [0, 0.05) is 11.9 Å². The Morgan fingerprint density at radius 2 is 1.75 bits per heavy atom. The Balaban J connectivity index is 3.37. The molecule has 12 heavy (non-hydrogen) atoms. The molecule has 2 unspecified atom stereocenters. The summed E-state index contributed by atoms with van der Waals surface area (Å²) in [5.41, 5.74) is 0. The van der Waals surface area contributed by atoms with E-state index in [0.29, 0.717) is 12.0 Å². The zero-order valence-electron chi connectivity index (χ0n) is 8.73. The topological polar surface area (TPSA) is 12.0 Å². The molecule has 1 nitrogen and oxygen atoms in total. The van der Waals surface area contributed by atoms with E-state index in [4.69, 9.17) is 11.6 Å². The van der Waals surface area contributed by atoms with Crippen LogP contribution in [0.1, 0.15) is 34.1 Å². The van der Waals surface area contributed by atoms with E-state index >= 15 is 0 Å². The van der Waals surface area contributed by atoms with Gasteiger partial charge in [-0.3, -0.25) is 0 Å². The third kappa shape index (κ3) is 5.84. The molecule has 2 atom stereocenters. The first kappa shape index (κ1) is 12.2. The normalized spacial score (nSPS) is 16.5. The molecule has 0 radical (unpaired) electrons. The second-order valence-corrected chi connectivity index (χ2v) is 4.37. The lowest BCUT2D eigenvalue weighted by atomic mass is 10.1. The summed E-state index contributed by atoms with van der Waals surface area (Å²) in [5, 5.41) is 3.48. The van der Waals surface area contributed by atoms with Gasteiger partial charge >= 0.3 is 0 Å². The summed E-state index contributed by atoms with van der Waals surface area (Å²) in [6.07, 6.45) is 1.25. The Morgan fingerprint density at radius 3 is 2.17 bits per heavy atom. The molecule has 0 fully saturated rings. The maximum atomic E-state index is 5.75. The highest BCUT2D eigenvalue weighted by Gasteiger charge is 2.09. The van der Waals surface area contributed by atoms with Crippen molar-refractivity contribution in [2.75, 3.05) is 12.4 Å². The maximum Gasteiger partial charge on any atom is 0.0263 e.